The Bertz CT molecular complexity index is 613. The Hall–Kier alpha value is -2.32. The van der Waals surface area contributed by atoms with Crippen LogP contribution in [0.15, 0.2) is 12.1 Å². The van der Waals surface area contributed by atoms with Crippen LogP contribution in [0.4, 0.5) is 24.8 Å². The first-order chi connectivity index (χ1) is 9.51. The van der Waals surface area contributed by atoms with E-state index in [0.717, 1.165) is 6.07 Å². The average Bonchev–Trinajstić information content (AvgIpc) is 2.32. The fourth-order valence-electron chi connectivity index (χ4n) is 1.99. The quantitative estimate of drug-likeness (QED) is 0.753. The van der Waals surface area contributed by atoms with Crippen molar-refractivity contribution in [3.8, 4) is 0 Å². The molecule has 1 aromatic heterocycles. The molecule has 0 atom stereocenters. The molecule has 3 N–H and O–H groups in total. The summed E-state index contributed by atoms with van der Waals surface area (Å²) < 4.78 is 38.4. The van der Waals surface area contributed by atoms with E-state index in [-0.39, 0.29) is 18.2 Å². The standard InChI is InChI=1S/C12H13F3N4O2/c1-11(2)10(21)18-9(20)5-19(11)8-4-6(12(13,14)15)3-7(16)17-8/h3-4H,5H2,1-2H3,(H2,16,17)(H,18,20,21). The summed E-state index contributed by atoms with van der Waals surface area (Å²) in [5, 5.41) is 2.13. The van der Waals surface area contributed by atoms with Crippen LogP contribution in [0, 0.1) is 0 Å². The Morgan fingerprint density at radius 3 is 2.52 bits per heavy atom. The van der Waals surface area contributed by atoms with Gasteiger partial charge in [-0.15, -0.1) is 0 Å². The number of amides is 2. The first kappa shape index (κ1) is 15.1. The summed E-state index contributed by atoms with van der Waals surface area (Å²) in [7, 11) is 0. The molecule has 6 nitrogen and oxygen atoms in total. The van der Waals surface area contributed by atoms with Gasteiger partial charge in [-0.05, 0) is 26.0 Å². The Morgan fingerprint density at radius 2 is 1.95 bits per heavy atom. The number of imide groups is 1. The van der Waals surface area contributed by atoms with Gasteiger partial charge in [-0.1, -0.05) is 0 Å². The molecule has 21 heavy (non-hydrogen) atoms. The highest BCUT2D eigenvalue weighted by atomic mass is 19.4. The zero-order chi connectivity index (χ0) is 16.0. The third-order valence-electron chi connectivity index (χ3n) is 3.22. The number of hydrogen-bond acceptors (Lipinski definition) is 5. The number of hydrogen-bond donors (Lipinski definition) is 2. The number of anilines is 2. The van der Waals surface area contributed by atoms with E-state index in [1.165, 1.54) is 18.7 Å². The number of alkyl halides is 3. The molecule has 2 heterocycles. The highest BCUT2D eigenvalue weighted by molar-refractivity contribution is 6.06. The van der Waals surface area contributed by atoms with Gasteiger partial charge < -0.3 is 10.6 Å². The zero-order valence-corrected chi connectivity index (χ0v) is 11.3. The maximum Gasteiger partial charge on any atom is 0.416 e. The minimum absolute atomic E-state index is 0.171. The number of rotatable bonds is 1. The number of carbonyl (C=O) groups excluding carboxylic acids is 2. The number of nitrogens with one attached hydrogen (secondary N) is 1. The van der Waals surface area contributed by atoms with Crippen LogP contribution in [0.2, 0.25) is 0 Å². The number of carbonyl (C=O) groups is 2. The summed E-state index contributed by atoms with van der Waals surface area (Å²) in [6.45, 7) is 2.67. The van der Waals surface area contributed by atoms with Gasteiger partial charge in [-0.25, -0.2) is 4.98 Å². The lowest BCUT2D eigenvalue weighted by Crippen LogP contribution is -2.64. The number of nitrogens with zero attached hydrogens (tertiary/aromatic N) is 2. The van der Waals surface area contributed by atoms with Gasteiger partial charge in [0.05, 0.1) is 12.1 Å². The van der Waals surface area contributed by atoms with E-state index in [2.05, 4.69) is 10.3 Å². The van der Waals surface area contributed by atoms with Gasteiger partial charge >= 0.3 is 6.18 Å². The smallest absolute Gasteiger partial charge is 0.384 e. The molecule has 0 spiro atoms. The summed E-state index contributed by atoms with van der Waals surface area (Å²) in [6.07, 6.45) is -4.60. The highest BCUT2D eigenvalue weighted by Gasteiger charge is 2.42. The second-order valence-corrected chi connectivity index (χ2v) is 5.16. The first-order valence-corrected chi connectivity index (χ1v) is 5.98. The maximum absolute atomic E-state index is 12.8. The van der Waals surface area contributed by atoms with E-state index < -0.39 is 29.1 Å². The molecule has 2 rings (SSSR count). The molecule has 2 amide bonds. The predicted molar refractivity (Wildman–Crippen MR) is 68.2 cm³/mol. The van der Waals surface area contributed by atoms with Gasteiger partial charge in [-0.2, -0.15) is 13.2 Å². The van der Waals surface area contributed by atoms with Gasteiger partial charge in [-0.3, -0.25) is 14.9 Å². The van der Waals surface area contributed by atoms with Crippen LogP contribution in [0.3, 0.4) is 0 Å². The fourth-order valence-corrected chi connectivity index (χ4v) is 1.99. The molecule has 0 bridgehead atoms. The number of halogens is 3. The Morgan fingerprint density at radius 1 is 1.33 bits per heavy atom. The predicted octanol–water partition coefficient (Wildman–Crippen LogP) is 0.924. The van der Waals surface area contributed by atoms with Crippen molar-refractivity contribution < 1.29 is 22.8 Å². The molecule has 0 aromatic carbocycles. The minimum atomic E-state index is -4.60. The van der Waals surface area contributed by atoms with Crippen LogP contribution < -0.4 is 16.0 Å². The molecule has 0 saturated carbocycles. The van der Waals surface area contributed by atoms with Crippen molar-refractivity contribution in [2.24, 2.45) is 0 Å². The SMILES string of the molecule is CC1(C)C(=O)NC(=O)CN1c1cc(C(F)(F)F)cc(N)n1. The number of nitrogen functional groups attached to an aromatic ring is 1. The van der Waals surface area contributed by atoms with Crippen LogP contribution in [-0.2, 0) is 15.8 Å². The second-order valence-electron chi connectivity index (χ2n) is 5.16. The lowest BCUT2D eigenvalue weighted by atomic mass is 9.98. The summed E-state index contributed by atoms with van der Waals surface area (Å²) in [4.78, 5) is 28.3. The van der Waals surface area contributed by atoms with Crippen LogP contribution in [-0.4, -0.2) is 28.9 Å². The molecule has 1 aromatic rings. The molecule has 1 saturated heterocycles. The molecular weight excluding hydrogens is 289 g/mol. The first-order valence-electron chi connectivity index (χ1n) is 5.98. The monoisotopic (exact) mass is 302 g/mol. The average molecular weight is 302 g/mol. The van der Waals surface area contributed by atoms with Gasteiger partial charge in [0, 0.05) is 0 Å². The fraction of sp³-hybridized carbons (Fsp3) is 0.417. The van der Waals surface area contributed by atoms with Crippen LogP contribution >= 0.6 is 0 Å². The molecular formula is C12H13F3N4O2. The van der Waals surface area contributed by atoms with Crippen molar-refractivity contribution >= 4 is 23.5 Å². The molecule has 0 radical (unpaired) electrons. The molecule has 9 heteroatoms. The molecule has 0 unspecified atom stereocenters. The summed E-state index contributed by atoms with van der Waals surface area (Å²) >= 11 is 0. The zero-order valence-electron chi connectivity index (χ0n) is 11.3. The lowest BCUT2D eigenvalue weighted by Gasteiger charge is -2.41. The normalized spacial score (nSPS) is 18.6. The van der Waals surface area contributed by atoms with E-state index in [4.69, 9.17) is 5.73 Å². The van der Waals surface area contributed by atoms with Crippen LogP contribution in [0.5, 0.6) is 0 Å². The molecule has 114 valence electrons. The molecule has 1 fully saturated rings. The molecule has 1 aliphatic heterocycles. The van der Waals surface area contributed by atoms with Crippen molar-refractivity contribution in [3.05, 3.63) is 17.7 Å². The summed E-state index contributed by atoms with van der Waals surface area (Å²) in [5.74, 6) is -1.74. The number of aromatic nitrogens is 1. The van der Waals surface area contributed by atoms with E-state index >= 15 is 0 Å². The lowest BCUT2D eigenvalue weighted by molar-refractivity contribution is -0.137. The Balaban J connectivity index is 2.52. The largest absolute Gasteiger partial charge is 0.416 e. The summed E-state index contributed by atoms with van der Waals surface area (Å²) in [5.41, 5.74) is 3.19. The second kappa shape index (κ2) is 4.61. The number of pyridine rings is 1. The van der Waals surface area contributed by atoms with E-state index in [9.17, 15) is 22.8 Å². The van der Waals surface area contributed by atoms with Crippen molar-refractivity contribution in [2.45, 2.75) is 25.6 Å². The third-order valence-corrected chi connectivity index (χ3v) is 3.22. The van der Waals surface area contributed by atoms with Crippen molar-refractivity contribution in [1.29, 1.82) is 0 Å². The summed E-state index contributed by atoms with van der Waals surface area (Å²) in [6, 6.07) is 1.46. The number of piperazine rings is 1. The van der Waals surface area contributed by atoms with Crippen molar-refractivity contribution in [2.75, 3.05) is 17.2 Å². The van der Waals surface area contributed by atoms with Crippen LogP contribution in [0.1, 0.15) is 19.4 Å². The third kappa shape index (κ3) is 2.76. The molecule has 1 aliphatic rings. The van der Waals surface area contributed by atoms with Gasteiger partial charge in [0.15, 0.2) is 0 Å². The van der Waals surface area contributed by atoms with E-state index in [1.54, 1.807) is 0 Å². The van der Waals surface area contributed by atoms with E-state index in [1.807, 2.05) is 0 Å². The van der Waals surface area contributed by atoms with Crippen molar-refractivity contribution in [1.82, 2.24) is 10.3 Å². The Kier molecular flexibility index (Phi) is 3.31. The van der Waals surface area contributed by atoms with Gasteiger partial charge in [0.25, 0.3) is 5.91 Å². The van der Waals surface area contributed by atoms with Crippen LogP contribution in [0.25, 0.3) is 0 Å². The Labute approximate surface area is 118 Å². The molecule has 0 aliphatic carbocycles. The minimum Gasteiger partial charge on any atom is -0.384 e. The maximum atomic E-state index is 12.8. The topological polar surface area (TPSA) is 88.3 Å². The van der Waals surface area contributed by atoms with Gasteiger partial charge in [0.1, 0.15) is 17.2 Å². The highest BCUT2D eigenvalue weighted by Crippen LogP contribution is 2.34. The van der Waals surface area contributed by atoms with E-state index in [0.29, 0.717) is 6.07 Å². The van der Waals surface area contributed by atoms with Gasteiger partial charge in [0.2, 0.25) is 5.91 Å². The number of nitrogens with two attached hydrogens (primary N) is 1. The van der Waals surface area contributed by atoms with Crippen molar-refractivity contribution in [3.63, 3.8) is 0 Å².